The molecule has 3 aromatic carbocycles. The Bertz CT molecular complexity index is 894. The number of hydrogen-bond donors (Lipinski definition) is 1. The standard InChI is InChI=1S/C25H27NO3/c1-28-25(27)23-17-20(13-8-16-26-18-21-9-4-2-5-10-21)14-15-24(23)29-19-22-11-6-3-7-12-22/h2-7,9-12,14-15,17,26H,8,13,16,18-19H2,1H3. The van der Waals surface area contributed by atoms with Gasteiger partial charge in [-0.2, -0.15) is 0 Å². The topological polar surface area (TPSA) is 47.6 Å². The van der Waals surface area contributed by atoms with Crippen molar-refractivity contribution < 1.29 is 14.3 Å². The van der Waals surface area contributed by atoms with Gasteiger partial charge in [0.25, 0.3) is 0 Å². The van der Waals surface area contributed by atoms with E-state index in [9.17, 15) is 4.79 Å². The molecule has 0 fully saturated rings. The lowest BCUT2D eigenvalue weighted by atomic mass is 10.1. The zero-order valence-electron chi connectivity index (χ0n) is 16.8. The van der Waals surface area contributed by atoms with E-state index in [2.05, 4.69) is 17.4 Å². The van der Waals surface area contributed by atoms with Gasteiger partial charge in [-0.25, -0.2) is 4.79 Å². The van der Waals surface area contributed by atoms with Gasteiger partial charge in [0.2, 0.25) is 0 Å². The van der Waals surface area contributed by atoms with Crippen molar-refractivity contribution in [3.05, 3.63) is 101 Å². The summed E-state index contributed by atoms with van der Waals surface area (Å²) < 4.78 is 10.8. The number of aryl methyl sites for hydroxylation is 1. The minimum absolute atomic E-state index is 0.378. The Balaban J connectivity index is 1.54. The Morgan fingerprint density at radius 3 is 2.24 bits per heavy atom. The molecule has 150 valence electrons. The van der Waals surface area contributed by atoms with E-state index in [1.807, 2.05) is 66.7 Å². The van der Waals surface area contributed by atoms with Crippen LogP contribution in [0.25, 0.3) is 0 Å². The number of nitrogens with one attached hydrogen (secondary N) is 1. The highest BCUT2D eigenvalue weighted by atomic mass is 16.5. The second-order valence-electron chi connectivity index (χ2n) is 6.86. The van der Waals surface area contributed by atoms with Gasteiger partial charge in [0.05, 0.1) is 7.11 Å². The molecule has 0 spiro atoms. The summed E-state index contributed by atoms with van der Waals surface area (Å²) in [5, 5.41) is 3.45. The van der Waals surface area contributed by atoms with Crippen LogP contribution in [0.3, 0.4) is 0 Å². The van der Waals surface area contributed by atoms with Gasteiger partial charge in [-0.1, -0.05) is 66.7 Å². The van der Waals surface area contributed by atoms with Crippen molar-refractivity contribution in [1.29, 1.82) is 0 Å². The Kier molecular flexibility index (Phi) is 7.84. The number of carbonyl (C=O) groups excluding carboxylic acids is 1. The van der Waals surface area contributed by atoms with Crippen LogP contribution in [0.15, 0.2) is 78.9 Å². The maximum absolute atomic E-state index is 12.2. The number of carbonyl (C=O) groups is 1. The molecular weight excluding hydrogens is 362 g/mol. The second-order valence-corrected chi connectivity index (χ2v) is 6.86. The number of esters is 1. The fourth-order valence-electron chi connectivity index (χ4n) is 3.11. The minimum atomic E-state index is -0.378. The molecule has 0 amide bonds. The summed E-state index contributed by atoms with van der Waals surface area (Å²) in [5.41, 5.74) is 3.90. The van der Waals surface area contributed by atoms with Crippen LogP contribution in [0.4, 0.5) is 0 Å². The van der Waals surface area contributed by atoms with Crippen molar-refractivity contribution in [3.63, 3.8) is 0 Å². The van der Waals surface area contributed by atoms with Crippen molar-refractivity contribution in [2.45, 2.75) is 26.0 Å². The van der Waals surface area contributed by atoms with Gasteiger partial charge in [0.15, 0.2) is 0 Å². The lowest BCUT2D eigenvalue weighted by Crippen LogP contribution is -2.15. The highest BCUT2D eigenvalue weighted by Crippen LogP contribution is 2.23. The molecule has 0 radical (unpaired) electrons. The third-order valence-electron chi connectivity index (χ3n) is 4.68. The van der Waals surface area contributed by atoms with E-state index in [1.54, 1.807) is 0 Å². The first-order valence-electron chi connectivity index (χ1n) is 9.89. The summed E-state index contributed by atoms with van der Waals surface area (Å²) in [4.78, 5) is 12.2. The average Bonchev–Trinajstić information content (AvgIpc) is 2.78. The van der Waals surface area contributed by atoms with Crippen molar-refractivity contribution in [2.24, 2.45) is 0 Å². The van der Waals surface area contributed by atoms with Gasteiger partial charge in [-0.05, 0) is 48.2 Å². The van der Waals surface area contributed by atoms with Gasteiger partial charge in [-0.3, -0.25) is 0 Å². The van der Waals surface area contributed by atoms with E-state index < -0.39 is 0 Å². The van der Waals surface area contributed by atoms with E-state index in [0.29, 0.717) is 17.9 Å². The summed E-state index contributed by atoms with van der Waals surface area (Å²) >= 11 is 0. The van der Waals surface area contributed by atoms with E-state index in [0.717, 1.165) is 37.1 Å². The molecule has 0 saturated carbocycles. The fourth-order valence-corrected chi connectivity index (χ4v) is 3.11. The van der Waals surface area contributed by atoms with Gasteiger partial charge >= 0.3 is 5.97 Å². The van der Waals surface area contributed by atoms with E-state index in [-0.39, 0.29) is 5.97 Å². The highest BCUT2D eigenvalue weighted by Gasteiger charge is 2.14. The zero-order chi connectivity index (χ0) is 20.3. The first-order valence-corrected chi connectivity index (χ1v) is 9.89. The van der Waals surface area contributed by atoms with Crippen LogP contribution in [0.5, 0.6) is 5.75 Å². The number of hydrogen-bond acceptors (Lipinski definition) is 4. The lowest BCUT2D eigenvalue weighted by molar-refractivity contribution is 0.0595. The summed E-state index contributed by atoms with van der Waals surface area (Å²) in [5.74, 6) is 0.170. The van der Waals surface area contributed by atoms with Crippen molar-refractivity contribution in [2.75, 3.05) is 13.7 Å². The summed E-state index contributed by atoms with van der Waals surface area (Å²) in [6.07, 6.45) is 1.86. The predicted molar refractivity (Wildman–Crippen MR) is 115 cm³/mol. The molecule has 29 heavy (non-hydrogen) atoms. The molecule has 0 aliphatic carbocycles. The van der Waals surface area contributed by atoms with Crippen LogP contribution < -0.4 is 10.1 Å². The number of rotatable bonds is 10. The van der Waals surface area contributed by atoms with Crippen LogP contribution in [0.2, 0.25) is 0 Å². The SMILES string of the molecule is COC(=O)c1cc(CCCNCc2ccccc2)ccc1OCc1ccccc1. The smallest absolute Gasteiger partial charge is 0.341 e. The molecule has 0 heterocycles. The average molecular weight is 389 g/mol. The molecule has 0 aliphatic heterocycles. The lowest BCUT2D eigenvalue weighted by Gasteiger charge is -2.12. The third kappa shape index (κ3) is 6.47. The molecule has 3 rings (SSSR count). The molecule has 0 aliphatic rings. The first kappa shape index (κ1) is 20.6. The fraction of sp³-hybridized carbons (Fsp3) is 0.240. The monoisotopic (exact) mass is 389 g/mol. The Hall–Kier alpha value is -3.11. The maximum atomic E-state index is 12.2. The van der Waals surface area contributed by atoms with Crippen LogP contribution >= 0.6 is 0 Å². The first-order chi connectivity index (χ1) is 14.3. The van der Waals surface area contributed by atoms with Crippen LogP contribution in [-0.4, -0.2) is 19.6 Å². The second kappa shape index (κ2) is 11.0. The Morgan fingerprint density at radius 1 is 0.862 bits per heavy atom. The van der Waals surface area contributed by atoms with Gasteiger partial charge in [0.1, 0.15) is 17.9 Å². The van der Waals surface area contributed by atoms with Crippen LogP contribution in [0.1, 0.15) is 33.5 Å². The van der Waals surface area contributed by atoms with Crippen molar-refractivity contribution >= 4 is 5.97 Å². The molecule has 1 N–H and O–H groups in total. The highest BCUT2D eigenvalue weighted by molar-refractivity contribution is 5.92. The molecule has 0 unspecified atom stereocenters. The third-order valence-corrected chi connectivity index (χ3v) is 4.68. The summed E-state index contributed by atoms with van der Waals surface area (Å²) in [6.45, 7) is 2.18. The van der Waals surface area contributed by atoms with Gasteiger partial charge in [-0.15, -0.1) is 0 Å². The normalized spacial score (nSPS) is 10.5. The largest absolute Gasteiger partial charge is 0.488 e. The predicted octanol–water partition coefficient (Wildman–Crippen LogP) is 4.77. The molecule has 0 aromatic heterocycles. The van der Waals surface area contributed by atoms with Crippen molar-refractivity contribution in [3.8, 4) is 5.75 Å². The number of methoxy groups -OCH3 is 1. The number of ether oxygens (including phenoxy) is 2. The quantitative estimate of drug-likeness (QED) is 0.401. The summed E-state index contributed by atoms with van der Waals surface area (Å²) in [6, 6.07) is 26.0. The molecule has 0 saturated heterocycles. The zero-order valence-corrected chi connectivity index (χ0v) is 16.8. The molecule has 4 heteroatoms. The Labute approximate surface area is 172 Å². The van der Waals surface area contributed by atoms with E-state index >= 15 is 0 Å². The maximum Gasteiger partial charge on any atom is 0.341 e. The number of benzene rings is 3. The Morgan fingerprint density at radius 2 is 1.55 bits per heavy atom. The van der Waals surface area contributed by atoms with Crippen molar-refractivity contribution in [1.82, 2.24) is 5.32 Å². The molecule has 3 aromatic rings. The molecular formula is C25H27NO3. The van der Waals surface area contributed by atoms with E-state index in [4.69, 9.17) is 9.47 Å². The summed E-state index contributed by atoms with van der Waals surface area (Å²) in [7, 11) is 1.39. The minimum Gasteiger partial charge on any atom is -0.488 e. The van der Waals surface area contributed by atoms with E-state index in [1.165, 1.54) is 12.7 Å². The molecule has 0 atom stereocenters. The van der Waals surface area contributed by atoms with Crippen LogP contribution in [-0.2, 0) is 24.3 Å². The molecule has 0 bridgehead atoms. The molecule has 4 nitrogen and oxygen atoms in total. The van der Waals surface area contributed by atoms with Gasteiger partial charge in [0, 0.05) is 6.54 Å². The van der Waals surface area contributed by atoms with Crippen LogP contribution in [0, 0.1) is 0 Å². The van der Waals surface area contributed by atoms with Gasteiger partial charge < -0.3 is 14.8 Å².